The lowest BCUT2D eigenvalue weighted by atomic mass is 10.2. The molecule has 5 heteroatoms. The van der Waals surface area contributed by atoms with E-state index in [-0.39, 0.29) is 12.5 Å². The molecule has 0 bridgehead atoms. The molecule has 2 N–H and O–H groups in total. The Kier molecular flexibility index (Phi) is 6.47. The Morgan fingerprint density at radius 1 is 1.24 bits per heavy atom. The number of nitrogens with one attached hydrogen (secondary N) is 1. The van der Waals surface area contributed by atoms with Crippen molar-refractivity contribution >= 4 is 5.91 Å². The molecule has 0 aliphatic carbocycles. The van der Waals surface area contributed by atoms with Crippen LogP contribution < -0.4 is 5.32 Å². The quantitative estimate of drug-likeness (QED) is 0.618. The Balaban J connectivity index is 2.17. The minimum Gasteiger partial charge on any atom is -0.395 e. The van der Waals surface area contributed by atoms with Crippen LogP contribution in [0.25, 0.3) is 0 Å². The summed E-state index contributed by atoms with van der Waals surface area (Å²) in [6.07, 6.45) is 0.529. The third-order valence-electron chi connectivity index (χ3n) is 3.20. The second-order valence-corrected chi connectivity index (χ2v) is 4.73. The molecule has 1 fully saturated rings. The maximum atomic E-state index is 11.8. The second-order valence-electron chi connectivity index (χ2n) is 4.73. The van der Waals surface area contributed by atoms with Crippen molar-refractivity contribution in [1.82, 2.24) is 15.1 Å². The number of piperazine rings is 1. The van der Waals surface area contributed by atoms with Crippen molar-refractivity contribution in [2.45, 2.75) is 26.3 Å². The van der Waals surface area contributed by atoms with Gasteiger partial charge in [-0.1, -0.05) is 0 Å². The van der Waals surface area contributed by atoms with E-state index in [1.165, 1.54) is 0 Å². The van der Waals surface area contributed by atoms with Crippen molar-refractivity contribution in [1.29, 1.82) is 0 Å². The van der Waals surface area contributed by atoms with Gasteiger partial charge in [-0.05, 0) is 13.8 Å². The standard InChI is InChI=1S/C12H25N3O2/c1-11(2)14-6-8-15(9-7-14)12(17)3-4-13-5-10-16/h11,13,16H,3-10H2,1-2H3. The van der Waals surface area contributed by atoms with E-state index in [2.05, 4.69) is 24.1 Å². The van der Waals surface area contributed by atoms with Crippen LogP contribution in [0.2, 0.25) is 0 Å². The van der Waals surface area contributed by atoms with Crippen molar-refractivity contribution in [2.75, 3.05) is 45.9 Å². The zero-order valence-corrected chi connectivity index (χ0v) is 11.0. The molecule has 5 nitrogen and oxygen atoms in total. The van der Waals surface area contributed by atoms with Crippen molar-refractivity contribution in [3.63, 3.8) is 0 Å². The van der Waals surface area contributed by atoms with Crippen LogP contribution in [0.5, 0.6) is 0 Å². The zero-order chi connectivity index (χ0) is 12.7. The first-order valence-corrected chi connectivity index (χ1v) is 6.48. The van der Waals surface area contributed by atoms with E-state index in [1.54, 1.807) is 0 Å². The molecule has 1 aliphatic heterocycles. The van der Waals surface area contributed by atoms with Gasteiger partial charge in [0.2, 0.25) is 5.91 Å². The van der Waals surface area contributed by atoms with Crippen LogP contribution >= 0.6 is 0 Å². The van der Waals surface area contributed by atoms with Gasteiger partial charge >= 0.3 is 0 Å². The fourth-order valence-electron chi connectivity index (χ4n) is 2.05. The van der Waals surface area contributed by atoms with Crippen LogP contribution in [0, 0.1) is 0 Å². The molecule has 1 amide bonds. The van der Waals surface area contributed by atoms with Gasteiger partial charge in [-0.3, -0.25) is 9.69 Å². The van der Waals surface area contributed by atoms with Gasteiger partial charge in [-0.2, -0.15) is 0 Å². The van der Waals surface area contributed by atoms with E-state index in [0.717, 1.165) is 26.2 Å². The van der Waals surface area contributed by atoms with Crippen LogP contribution in [0.3, 0.4) is 0 Å². The Bertz CT molecular complexity index is 226. The van der Waals surface area contributed by atoms with Crippen molar-refractivity contribution in [3.8, 4) is 0 Å². The molecular weight excluding hydrogens is 218 g/mol. The molecule has 0 aromatic rings. The molecule has 1 heterocycles. The number of amides is 1. The van der Waals surface area contributed by atoms with E-state index >= 15 is 0 Å². The van der Waals surface area contributed by atoms with Crippen LogP contribution in [-0.2, 0) is 4.79 Å². The molecule has 17 heavy (non-hydrogen) atoms. The predicted molar refractivity (Wildman–Crippen MR) is 67.9 cm³/mol. The molecule has 100 valence electrons. The van der Waals surface area contributed by atoms with Gasteiger partial charge in [0.25, 0.3) is 0 Å². The van der Waals surface area contributed by atoms with Crippen LogP contribution in [-0.4, -0.2) is 72.7 Å². The Morgan fingerprint density at radius 3 is 2.41 bits per heavy atom. The molecule has 1 saturated heterocycles. The number of hydrogen-bond donors (Lipinski definition) is 2. The highest BCUT2D eigenvalue weighted by Crippen LogP contribution is 2.06. The second kappa shape index (κ2) is 7.63. The van der Waals surface area contributed by atoms with Gasteiger partial charge in [-0.25, -0.2) is 0 Å². The van der Waals surface area contributed by atoms with Gasteiger partial charge in [0.15, 0.2) is 0 Å². The van der Waals surface area contributed by atoms with E-state index in [1.807, 2.05) is 4.90 Å². The molecule has 0 aromatic carbocycles. The van der Waals surface area contributed by atoms with Crippen molar-refractivity contribution in [3.05, 3.63) is 0 Å². The Morgan fingerprint density at radius 2 is 1.88 bits per heavy atom. The summed E-state index contributed by atoms with van der Waals surface area (Å²) < 4.78 is 0. The molecule has 0 aromatic heterocycles. The Labute approximate surface area is 104 Å². The topological polar surface area (TPSA) is 55.8 Å². The third-order valence-corrected chi connectivity index (χ3v) is 3.20. The molecule has 0 saturated carbocycles. The minimum atomic E-state index is 0.126. The summed E-state index contributed by atoms with van der Waals surface area (Å²) in [4.78, 5) is 16.2. The minimum absolute atomic E-state index is 0.126. The number of nitrogens with zero attached hydrogens (tertiary/aromatic N) is 2. The molecule has 1 aliphatic rings. The van der Waals surface area contributed by atoms with E-state index < -0.39 is 0 Å². The normalized spacial score (nSPS) is 17.8. The average molecular weight is 243 g/mol. The average Bonchev–Trinajstić information content (AvgIpc) is 2.34. The van der Waals surface area contributed by atoms with Crippen molar-refractivity contribution in [2.24, 2.45) is 0 Å². The summed E-state index contributed by atoms with van der Waals surface area (Å²) in [6, 6.07) is 0.568. The summed E-state index contributed by atoms with van der Waals surface area (Å²) in [7, 11) is 0. The summed E-state index contributed by atoms with van der Waals surface area (Å²) in [6.45, 7) is 9.38. The van der Waals surface area contributed by atoms with Gasteiger partial charge in [0, 0.05) is 51.7 Å². The van der Waals surface area contributed by atoms with Crippen molar-refractivity contribution < 1.29 is 9.90 Å². The highest BCUT2D eigenvalue weighted by molar-refractivity contribution is 5.76. The summed E-state index contributed by atoms with van der Waals surface area (Å²) in [5.74, 6) is 0.221. The first-order chi connectivity index (χ1) is 8.15. The van der Waals surface area contributed by atoms with Gasteiger partial charge in [0.1, 0.15) is 0 Å². The van der Waals surface area contributed by atoms with E-state index in [4.69, 9.17) is 5.11 Å². The highest BCUT2D eigenvalue weighted by atomic mass is 16.3. The summed E-state index contributed by atoms with van der Waals surface area (Å²) >= 11 is 0. The fourth-order valence-corrected chi connectivity index (χ4v) is 2.05. The summed E-state index contributed by atoms with van der Waals surface area (Å²) in [5.41, 5.74) is 0. The lowest BCUT2D eigenvalue weighted by Crippen LogP contribution is -2.51. The number of hydrogen-bond acceptors (Lipinski definition) is 4. The predicted octanol–water partition coefficient (Wildman–Crippen LogP) is -0.489. The van der Waals surface area contributed by atoms with Gasteiger partial charge in [0.05, 0.1) is 6.61 Å². The van der Waals surface area contributed by atoms with E-state index in [9.17, 15) is 4.79 Å². The Hall–Kier alpha value is -0.650. The molecule has 0 atom stereocenters. The van der Waals surface area contributed by atoms with Crippen LogP contribution in [0.4, 0.5) is 0 Å². The van der Waals surface area contributed by atoms with Gasteiger partial charge < -0.3 is 15.3 Å². The smallest absolute Gasteiger partial charge is 0.223 e. The van der Waals surface area contributed by atoms with Crippen LogP contribution in [0.15, 0.2) is 0 Å². The number of carbonyl (C=O) groups is 1. The maximum Gasteiger partial charge on any atom is 0.223 e. The number of rotatable bonds is 6. The van der Waals surface area contributed by atoms with Crippen LogP contribution in [0.1, 0.15) is 20.3 Å². The first kappa shape index (κ1) is 14.4. The van der Waals surface area contributed by atoms with E-state index in [0.29, 0.717) is 25.6 Å². The molecule has 0 radical (unpaired) electrons. The fraction of sp³-hybridized carbons (Fsp3) is 0.917. The maximum absolute atomic E-state index is 11.8. The number of aliphatic hydroxyl groups excluding tert-OH is 1. The lowest BCUT2D eigenvalue weighted by Gasteiger charge is -2.37. The lowest BCUT2D eigenvalue weighted by molar-refractivity contribution is -0.133. The van der Waals surface area contributed by atoms with Gasteiger partial charge in [-0.15, -0.1) is 0 Å². The third kappa shape index (κ3) is 5.02. The highest BCUT2D eigenvalue weighted by Gasteiger charge is 2.21. The largest absolute Gasteiger partial charge is 0.395 e. The molecular formula is C12H25N3O2. The zero-order valence-electron chi connectivity index (χ0n) is 11.0. The SMILES string of the molecule is CC(C)N1CCN(C(=O)CCNCCO)CC1. The molecule has 0 spiro atoms. The summed E-state index contributed by atoms with van der Waals surface area (Å²) in [5, 5.41) is 11.6. The molecule has 1 rings (SSSR count). The monoisotopic (exact) mass is 243 g/mol. The first-order valence-electron chi connectivity index (χ1n) is 6.48. The molecule has 0 unspecified atom stereocenters. The number of aliphatic hydroxyl groups is 1. The number of carbonyl (C=O) groups excluding carboxylic acids is 1.